The molecule has 0 radical (unpaired) electrons. The fourth-order valence-corrected chi connectivity index (χ4v) is 2.47. The first kappa shape index (κ1) is 14.2. The average molecular weight is 268 g/mol. The topological polar surface area (TPSA) is 35.9 Å². The van der Waals surface area contributed by atoms with Gasteiger partial charge in [0.15, 0.2) is 0 Å². The van der Waals surface area contributed by atoms with Crippen LogP contribution in [0.2, 0.25) is 0 Å². The lowest BCUT2D eigenvalue weighted by molar-refractivity contribution is 0.0121. The number of nitrogens with zero attached hydrogens (tertiary/aromatic N) is 2. The largest absolute Gasteiger partial charge is 0.497 e. The van der Waals surface area contributed by atoms with Gasteiger partial charge in [-0.05, 0) is 26.2 Å². The number of halogens is 1. The summed E-state index contributed by atoms with van der Waals surface area (Å²) < 4.78 is 19.0. The second-order valence-electron chi connectivity index (χ2n) is 5.14. The molecule has 0 aromatic heterocycles. The molecule has 1 fully saturated rings. The summed E-state index contributed by atoms with van der Waals surface area (Å²) in [6, 6.07) is 4.49. The number of methoxy groups -OCH3 is 1. The van der Waals surface area contributed by atoms with E-state index in [4.69, 9.17) is 4.74 Å². The second-order valence-corrected chi connectivity index (χ2v) is 5.14. The summed E-state index contributed by atoms with van der Waals surface area (Å²) in [6.07, 6.45) is -0.835. The normalized spacial score (nSPS) is 23.3. The molecule has 106 valence electrons. The quantitative estimate of drug-likeness (QED) is 0.891. The van der Waals surface area contributed by atoms with Gasteiger partial charge in [0, 0.05) is 31.3 Å². The van der Waals surface area contributed by atoms with Crippen LogP contribution in [0.3, 0.4) is 0 Å². The Balaban J connectivity index is 2.20. The summed E-state index contributed by atoms with van der Waals surface area (Å²) in [4.78, 5) is 4.23. The first-order valence-corrected chi connectivity index (χ1v) is 6.43. The zero-order valence-corrected chi connectivity index (χ0v) is 11.6. The Kier molecular flexibility index (Phi) is 4.39. The van der Waals surface area contributed by atoms with Crippen LogP contribution in [0.5, 0.6) is 5.75 Å². The van der Waals surface area contributed by atoms with E-state index in [9.17, 15) is 9.50 Å². The standard InChI is InChI=1S/C14H21FN2O2/c1-16-6-7-17(2)13(9-16)14(18)11-5-4-10(19-3)8-12(11)15/h4-5,8,13-14,18H,6-7,9H2,1-3H3. The number of benzene rings is 1. The van der Waals surface area contributed by atoms with Crippen molar-refractivity contribution in [2.45, 2.75) is 12.1 Å². The smallest absolute Gasteiger partial charge is 0.132 e. The lowest BCUT2D eigenvalue weighted by Crippen LogP contribution is -2.52. The molecule has 5 heteroatoms. The SMILES string of the molecule is COc1ccc(C(O)C2CN(C)CCN2C)c(F)c1. The first-order chi connectivity index (χ1) is 9.02. The van der Waals surface area contributed by atoms with E-state index in [1.807, 2.05) is 14.1 Å². The van der Waals surface area contributed by atoms with Crippen LogP contribution < -0.4 is 4.74 Å². The van der Waals surface area contributed by atoms with Crippen molar-refractivity contribution >= 4 is 0 Å². The highest BCUT2D eigenvalue weighted by Crippen LogP contribution is 2.27. The summed E-state index contributed by atoms with van der Waals surface area (Å²) in [5.74, 6) is 0.0380. The average Bonchev–Trinajstić information content (AvgIpc) is 2.40. The molecule has 19 heavy (non-hydrogen) atoms. The maximum absolute atomic E-state index is 14.0. The van der Waals surface area contributed by atoms with Crippen molar-refractivity contribution in [3.8, 4) is 5.75 Å². The van der Waals surface area contributed by atoms with Gasteiger partial charge in [0.05, 0.1) is 19.3 Å². The molecule has 2 unspecified atom stereocenters. The van der Waals surface area contributed by atoms with Crippen molar-refractivity contribution < 1.29 is 14.2 Å². The van der Waals surface area contributed by atoms with Gasteiger partial charge in [-0.1, -0.05) is 0 Å². The molecule has 0 aliphatic carbocycles. The Morgan fingerprint density at radius 1 is 1.37 bits per heavy atom. The molecular weight excluding hydrogens is 247 g/mol. The molecule has 0 saturated carbocycles. The number of aliphatic hydroxyl groups excluding tert-OH is 1. The molecule has 2 atom stereocenters. The number of hydrogen-bond donors (Lipinski definition) is 1. The van der Waals surface area contributed by atoms with Gasteiger partial charge in [0.25, 0.3) is 0 Å². The minimum atomic E-state index is -0.835. The molecule has 0 spiro atoms. The highest BCUT2D eigenvalue weighted by atomic mass is 19.1. The lowest BCUT2D eigenvalue weighted by Gasteiger charge is -2.40. The predicted molar refractivity (Wildman–Crippen MR) is 71.8 cm³/mol. The summed E-state index contributed by atoms with van der Waals surface area (Å²) >= 11 is 0. The highest BCUT2D eigenvalue weighted by molar-refractivity contribution is 5.31. The van der Waals surface area contributed by atoms with Crippen molar-refractivity contribution in [3.05, 3.63) is 29.6 Å². The number of ether oxygens (including phenoxy) is 1. The Labute approximate surface area is 113 Å². The summed E-state index contributed by atoms with van der Waals surface area (Å²) in [5.41, 5.74) is 0.327. The van der Waals surface area contributed by atoms with Crippen LogP contribution in [0.25, 0.3) is 0 Å². The zero-order valence-electron chi connectivity index (χ0n) is 11.6. The first-order valence-electron chi connectivity index (χ1n) is 6.43. The van der Waals surface area contributed by atoms with Crippen LogP contribution in [0.4, 0.5) is 4.39 Å². The van der Waals surface area contributed by atoms with E-state index in [1.54, 1.807) is 12.1 Å². The van der Waals surface area contributed by atoms with Gasteiger partial charge in [-0.2, -0.15) is 0 Å². The van der Waals surface area contributed by atoms with Gasteiger partial charge in [-0.3, -0.25) is 4.90 Å². The van der Waals surface area contributed by atoms with Gasteiger partial charge in [-0.25, -0.2) is 4.39 Å². The number of likely N-dealkylation sites (N-methyl/N-ethyl adjacent to an activating group) is 2. The van der Waals surface area contributed by atoms with Gasteiger partial charge in [-0.15, -0.1) is 0 Å². The van der Waals surface area contributed by atoms with Crippen LogP contribution in [-0.2, 0) is 0 Å². The monoisotopic (exact) mass is 268 g/mol. The number of hydrogen-bond acceptors (Lipinski definition) is 4. The summed E-state index contributed by atoms with van der Waals surface area (Å²) in [5, 5.41) is 10.4. The Hall–Kier alpha value is -1.17. The van der Waals surface area contributed by atoms with E-state index >= 15 is 0 Å². The van der Waals surface area contributed by atoms with Crippen LogP contribution in [0, 0.1) is 5.82 Å². The van der Waals surface area contributed by atoms with Crippen LogP contribution in [0.1, 0.15) is 11.7 Å². The second kappa shape index (κ2) is 5.86. The van der Waals surface area contributed by atoms with Gasteiger partial charge < -0.3 is 14.7 Å². The number of aliphatic hydroxyl groups is 1. The molecule has 1 aliphatic heterocycles. The molecule has 1 saturated heterocycles. The molecule has 1 aromatic carbocycles. The predicted octanol–water partition coefficient (Wildman–Crippen LogP) is 1.11. The molecule has 0 bridgehead atoms. The molecule has 1 N–H and O–H groups in total. The van der Waals surface area contributed by atoms with E-state index < -0.39 is 11.9 Å². The molecule has 1 heterocycles. The minimum Gasteiger partial charge on any atom is -0.497 e. The Bertz CT molecular complexity index is 441. The fraction of sp³-hybridized carbons (Fsp3) is 0.571. The minimum absolute atomic E-state index is 0.0957. The molecular formula is C14H21FN2O2. The van der Waals surface area contributed by atoms with Crippen molar-refractivity contribution in [2.75, 3.05) is 40.8 Å². The van der Waals surface area contributed by atoms with Gasteiger partial charge >= 0.3 is 0 Å². The van der Waals surface area contributed by atoms with Crippen LogP contribution >= 0.6 is 0 Å². The molecule has 2 rings (SSSR count). The third-order valence-electron chi connectivity index (χ3n) is 3.79. The van der Waals surface area contributed by atoms with E-state index in [0.717, 1.165) is 19.6 Å². The maximum Gasteiger partial charge on any atom is 0.132 e. The Morgan fingerprint density at radius 3 is 2.74 bits per heavy atom. The molecule has 4 nitrogen and oxygen atoms in total. The molecule has 0 amide bonds. The third kappa shape index (κ3) is 3.05. The van der Waals surface area contributed by atoms with Crippen molar-refractivity contribution in [1.82, 2.24) is 9.80 Å². The van der Waals surface area contributed by atoms with E-state index in [0.29, 0.717) is 11.3 Å². The van der Waals surface area contributed by atoms with E-state index in [2.05, 4.69) is 9.80 Å². The Morgan fingerprint density at radius 2 is 2.11 bits per heavy atom. The van der Waals surface area contributed by atoms with Crippen molar-refractivity contribution in [1.29, 1.82) is 0 Å². The third-order valence-corrected chi connectivity index (χ3v) is 3.79. The van der Waals surface area contributed by atoms with E-state index in [-0.39, 0.29) is 6.04 Å². The molecule has 1 aliphatic rings. The number of piperazine rings is 1. The lowest BCUT2D eigenvalue weighted by atomic mass is 9.98. The van der Waals surface area contributed by atoms with Gasteiger partial charge in [0.2, 0.25) is 0 Å². The molecule has 1 aromatic rings. The number of rotatable bonds is 3. The van der Waals surface area contributed by atoms with Crippen LogP contribution in [-0.4, -0.2) is 61.8 Å². The zero-order chi connectivity index (χ0) is 14.0. The van der Waals surface area contributed by atoms with Crippen molar-refractivity contribution in [2.24, 2.45) is 0 Å². The maximum atomic E-state index is 14.0. The summed E-state index contributed by atoms with van der Waals surface area (Å²) in [7, 11) is 5.47. The van der Waals surface area contributed by atoms with Crippen LogP contribution in [0.15, 0.2) is 18.2 Å². The fourth-order valence-electron chi connectivity index (χ4n) is 2.47. The van der Waals surface area contributed by atoms with Crippen molar-refractivity contribution in [3.63, 3.8) is 0 Å². The summed E-state index contributed by atoms with van der Waals surface area (Å²) in [6.45, 7) is 2.56. The van der Waals surface area contributed by atoms with E-state index in [1.165, 1.54) is 13.2 Å². The highest BCUT2D eigenvalue weighted by Gasteiger charge is 2.31. The van der Waals surface area contributed by atoms with Gasteiger partial charge in [0.1, 0.15) is 11.6 Å².